The molecule has 0 N–H and O–H groups in total. The van der Waals surface area contributed by atoms with Crippen LogP contribution in [0.3, 0.4) is 0 Å². The number of ether oxygens (including phenoxy) is 1. The first-order valence-electron chi connectivity index (χ1n) is 11.0. The number of hydrogen-bond donors (Lipinski definition) is 0. The van der Waals surface area contributed by atoms with Gasteiger partial charge in [0.05, 0.1) is 0 Å². The van der Waals surface area contributed by atoms with E-state index in [4.69, 9.17) is 0 Å². The zero-order valence-corrected chi connectivity index (χ0v) is 16.9. The van der Waals surface area contributed by atoms with E-state index in [-0.39, 0.29) is 5.75 Å². The summed E-state index contributed by atoms with van der Waals surface area (Å²) in [6.07, 6.45) is 11.9. The van der Waals surface area contributed by atoms with Gasteiger partial charge in [0.15, 0.2) is 0 Å². The zero-order chi connectivity index (χ0) is 20.0. The van der Waals surface area contributed by atoms with Crippen LogP contribution in [0, 0.1) is 11.8 Å². The highest BCUT2D eigenvalue weighted by molar-refractivity contribution is 5.31. The summed E-state index contributed by atoms with van der Waals surface area (Å²) in [5, 5.41) is 0. The Balaban J connectivity index is 1.42. The first-order chi connectivity index (χ1) is 13.4. The Morgan fingerprint density at radius 3 is 2.11 bits per heavy atom. The average Bonchev–Trinajstić information content (AvgIpc) is 2.68. The molecule has 1 unspecified atom stereocenters. The molecular weight excluding hydrogens is 361 g/mol. The molecule has 1 atom stereocenters. The summed E-state index contributed by atoms with van der Waals surface area (Å²) in [6, 6.07) is 6.41. The van der Waals surface area contributed by atoms with E-state index in [1.165, 1.54) is 63.5 Å². The van der Waals surface area contributed by atoms with Gasteiger partial charge in [0, 0.05) is 0 Å². The summed E-state index contributed by atoms with van der Waals surface area (Å²) in [7, 11) is 0. The third-order valence-corrected chi connectivity index (χ3v) is 6.63. The van der Waals surface area contributed by atoms with Gasteiger partial charge in [-0.2, -0.15) is 0 Å². The molecule has 4 heteroatoms. The van der Waals surface area contributed by atoms with Gasteiger partial charge < -0.3 is 4.74 Å². The molecule has 0 aromatic heterocycles. The van der Waals surface area contributed by atoms with Crippen LogP contribution >= 0.6 is 0 Å². The summed E-state index contributed by atoms with van der Waals surface area (Å²) < 4.78 is 40.8. The van der Waals surface area contributed by atoms with E-state index < -0.39 is 6.36 Å². The quantitative estimate of drug-likeness (QED) is 0.424. The lowest BCUT2D eigenvalue weighted by atomic mass is 9.77. The number of benzene rings is 1. The fourth-order valence-corrected chi connectivity index (χ4v) is 4.97. The summed E-state index contributed by atoms with van der Waals surface area (Å²) in [5.41, 5.74) is 2.70. The van der Waals surface area contributed by atoms with Crippen LogP contribution in [0.25, 0.3) is 0 Å². The molecule has 1 nitrogen and oxygen atoms in total. The number of allylic oxidation sites excluding steroid dienone is 2. The molecule has 0 bridgehead atoms. The Hall–Kier alpha value is -1.45. The average molecular weight is 395 g/mol. The molecule has 2 aliphatic carbocycles. The van der Waals surface area contributed by atoms with Crippen molar-refractivity contribution >= 4 is 0 Å². The fraction of sp³-hybridized carbons (Fsp3) is 0.667. The molecule has 0 saturated heterocycles. The van der Waals surface area contributed by atoms with E-state index in [0.717, 1.165) is 36.7 Å². The van der Waals surface area contributed by atoms with E-state index in [2.05, 4.69) is 17.7 Å². The summed E-state index contributed by atoms with van der Waals surface area (Å²) >= 11 is 0. The Morgan fingerprint density at radius 1 is 0.929 bits per heavy atom. The van der Waals surface area contributed by atoms with Crippen molar-refractivity contribution in [1.82, 2.24) is 0 Å². The minimum atomic E-state index is -4.63. The van der Waals surface area contributed by atoms with Crippen LogP contribution in [0.15, 0.2) is 35.9 Å². The van der Waals surface area contributed by atoms with Gasteiger partial charge in [-0.25, -0.2) is 0 Å². The van der Waals surface area contributed by atoms with Crippen molar-refractivity contribution in [2.45, 2.75) is 89.8 Å². The Bertz CT molecular complexity index is 624. The van der Waals surface area contributed by atoms with Gasteiger partial charge in [0.2, 0.25) is 0 Å². The van der Waals surface area contributed by atoms with Crippen molar-refractivity contribution in [2.75, 3.05) is 0 Å². The molecule has 1 aromatic rings. The number of halogens is 3. The normalized spacial score (nSPS) is 26.0. The second-order valence-corrected chi connectivity index (χ2v) is 8.66. The van der Waals surface area contributed by atoms with E-state index in [0.29, 0.717) is 5.92 Å². The molecular formula is C24H33F3O. The van der Waals surface area contributed by atoms with Crippen molar-refractivity contribution in [3.05, 3.63) is 41.5 Å². The van der Waals surface area contributed by atoms with Crippen LogP contribution in [-0.2, 0) is 0 Å². The molecule has 1 fully saturated rings. The fourth-order valence-electron chi connectivity index (χ4n) is 4.97. The maximum atomic E-state index is 12.3. The minimum absolute atomic E-state index is 0.142. The third kappa shape index (κ3) is 6.56. The summed E-state index contributed by atoms with van der Waals surface area (Å²) in [5.74, 6) is 2.15. The smallest absolute Gasteiger partial charge is 0.406 e. The maximum absolute atomic E-state index is 12.3. The summed E-state index contributed by atoms with van der Waals surface area (Å²) in [4.78, 5) is 0. The molecule has 0 spiro atoms. The second-order valence-electron chi connectivity index (χ2n) is 8.66. The third-order valence-electron chi connectivity index (χ3n) is 6.63. The molecule has 3 rings (SSSR count). The molecule has 1 aromatic carbocycles. The van der Waals surface area contributed by atoms with Crippen molar-refractivity contribution in [1.29, 1.82) is 0 Å². The van der Waals surface area contributed by atoms with Crippen LogP contribution < -0.4 is 4.74 Å². The first-order valence-corrected chi connectivity index (χ1v) is 11.0. The van der Waals surface area contributed by atoms with Gasteiger partial charge in [-0.3, -0.25) is 0 Å². The van der Waals surface area contributed by atoms with E-state index >= 15 is 0 Å². The molecule has 0 radical (unpaired) electrons. The molecule has 1 saturated carbocycles. The van der Waals surface area contributed by atoms with Crippen LogP contribution in [0.5, 0.6) is 5.75 Å². The van der Waals surface area contributed by atoms with E-state index in [1.807, 2.05) is 0 Å². The standard InChI is InChI=1S/C24H33F3O/c1-2-3-18-4-6-19(7-5-18)8-9-20-10-12-21(13-11-20)22-14-16-23(17-15-22)28-24(25,26)27/h10,14-19,21H,2-9,11-13H2,1H3. The van der Waals surface area contributed by atoms with Gasteiger partial charge in [0.25, 0.3) is 0 Å². The van der Waals surface area contributed by atoms with Crippen molar-refractivity contribution in [3.63, 3.8) is 0 Å². The largest absolute Gasteiger partial charge is 0.573 e. The Labute approximate surface area is 167 Å². The summed E-state index contributed by atoms with van der Waals surface area (Å²) in [6.45, 7) is 2.29. The number of hydrogen-bond acceptors (Lipinski definition) is 1. The topological polar surface area (TPSA) is 9.23 Å². The SMILES string of the molecule is CCCC1CCC(CCC2=CCC(c3ccc(OC(F)(F)F)cc3)CC2)CC1. The highest BCUT2D eigenvalue weighted by Gasteiger charge is 2.31. The molecule has 2 aliphatic rings. The number of alkyl halides is 3. The van der Waals surface area contributed by atoms with Crippen LogP contribution in [0.4, 0.5) is 13.2 Å². The van der Waals surface area contributed by atoms with Crippen LogP contribution in [-0.4, -0.2) is 6.36 Å². The van der Waals surface area contributed by atoms with Gasteiger partial charge in [0.1, 0.15) is 5.75 Å². The lowest BCUT2D eigenvalue weighted by molar-refractivity contribution is -0.274. The zero-order valence-electron chi connectivity index (χ0n) is 16.9. The first kappa shape index (κ1) is 21.3. The Kier molecular flexibility index (Phi) is 7.48. The van der Waals surface area contributed by atoms with Crippen LogP contribution in [0.1, 0.15) is 89.0 Å². The van der Waals surface area contributed by atoms with E-state index in [1.54, 1.807) is 17.7 Å². The van der Waals surface area contributed by atoms with E-state index in [9.17, 15) is 13.2 Å². The molecule has 156 valence electrons. The predicted molar refractivity (Wildman–Crippen MR) is 107 cm³/mol. The van der Waals surface area contributed by atoms with Crippen LogP contribution in [0.2, 0.25) is 0 Å². The second kappa shape index (κ2) is 9.84. The Morgan fingerprint density at radius 2 is 1.57 bits per heavy atom. The molecule has 28 heavy (non-hydrogen) atoms. The lowest BCUT2D eigenvalue weighted by Gasteiger charge is -2.29. The highest BCUT2D eigenvalue weighted by Crippen LogP contribution is 2.38. The molecule has 0 amide bonds. The van der Waals surface area contributed by atoms with Crippen molar-refractivity contribution in [3.8, 4) is 5.75 Å². The van der Waals surface area contributed by atoms with Gasteiger partial charge in [-0.05, 0) is 67.6 Å². The minimum Gasteiger partial charge on any atom is -0.406 e. The monoisotopic (exact) mass is 394 g/mol. The van der Waals surface area contributed by atoms with Gasteiger partial charge in [-0.15, -0.1) is 13.2 Å². The van der Waals surface area contributed by atoms with Crippen molar-refractivity contribution < 1.29 is 17.9 Å². The molecule has 0 aliphatic heterocycles. The van der Waals surface area contributed by atoms with Gasteiger partial charge >= 0.3 is 6.36 Å². The molecule has 0 heterocycles. The maximum Gasteiger partial charge on any atom is 0.573 e. The lowest BCUT2D eigenvalue weighted by Crippen LogP contribution is -2.17. The number of rotatable bonds is 7. The highest BCUT2D eigenvalue weighted by atomic mass is 19.4. The van der Waals surface area contributed by atoms with Gasteiger partial charge in [-0.1, -0.05) is 69.2 Å². The van der Waals surface area contributed by atoms with Crippen molar-refractivity contribution in [2.24, 2.45) is 11.8 Å². The predicted octanol–water partition coefficient (Wildman–Crippen LogP) is 8.17.